The maximum absolute atomic E-state index is 14.8. The standard InChI is InChI=1S/C17H25BrFNO4Si/c1-6-23-13(21)9-17(25,20-15(22)24-16(3,4)5)12-8-11(18)7-10(2)14(12)19/h7-8H,6,9H2,1-5,25H3,(H,20,22)/t17-/m0/s1. The van der Waals surface area contributed by atoms with Crippen molar-refractivity contribution in [3.8, 4) is 0 Å². The lowest BCUT2D eigenvalue weighted by molar-refractivity contribution is -0.144. The third-order valence-electron chi connectivity index (χ3n) is 3.39. The van der Waals surface area contributed by atoms with E-state index in [4.69, 9.17) is 9.47 Å². The number of ether oxygens (including phenoxy) is 2. The van der Waals surface area contributed by atoms with Crippen molar-refractivity contribution in [2.75, 3.05) is 6.61 Å². The van der Waals surface area contributed by atoms with Crippen LogP contribution in [0.2, 0.25) is 0 Å². The first kappa shape index (κ1) is 21.6. The molecule has 0 radical (unpaired) electrons. The second-order valence-electron chi connectivity index (χ2n) is 7.03. The average molecular weight is 434 g/mol. The van der Waals surface area contributed by atoms with Crippen molar-refractivity contribution in [3.05, 3.63) is 33.5 Å². The highest BCUT2D eigenvalue weighted by Gasteiger charge is 2.36. The van der Waals surface area contributed by atoms with Crippen LogP contribution < -0.4 is 5.32 Å². The van der Waals surface area contributed by atoms with Gasteiger partial charge in [-0.05, 0) is 52.3 Å². The highest BCUT2D eigenvalue weighted by molar-refractivity contribution is 9.10. The van der Waals surface area contributed by atoms with Crippen molar-refractivity contribution in [1.29, 1.82) is 0 Å². The maximum Gasteiger partial charge on any atom is 0.408 e. The molecule has 1 aromatic rings. The fraction of sp³-hybridized carbons (Fsp3) is 0.529. The first-order valence-corrected chi connectivity index (χ1v) is 9.80. The summed E-state index contributed by atoms with van der Waals surface area (Å²) in [6.07, 6.45) is -0.872. The minimum atomic E-state index is -1.19. The molecule has 1 aromatic carbocycles. The van der Waals surface area contributed by atoms with E-state index in [1.807, 2.05) is 0 Å². The molecule has 0 saturated carbocycles. The number of alkyl carbamates (subject to hydrolysis) is 1. The summed E-state index contributed by atoms with van der Waals surface area (Å²) in [6, 6.07) is 3.21. The Morgan fingerprint density at radius 2 is 1.92 bits per heavy atom. The SMILES string of the molecule is CCOC(=O)C[C@@]([SiH3])(NC(=O)OC(C)(C)C)c1cc(Br)cc(C)c1F. The zero-order valence-corrected chi connectivity index (χ0v) is 19.0. The number of amides is 1. The predicted molar refractivity (Wildman–Crippen MR) is 101 cm³/mol. The number of esters is 1. The summed E-state index contributed by atoms with van der Waals surface area (Å²) in [4.78, 5) is 24.3. The Labute approximate surface area is 159 Å². The van der Waals surface area contributed by atoms with E-state index in [0.717, 1.165) is 0 Å². The van der Waals surface area contributed by atoms with E-state index in [1.165, 1.54) is 0 Å². The van der Waals surface area contributed by atoms with Crippen LogP contribution in [-0.4, -0.2) is 34.5 Å². The van der Waals surface area contributed by atoms with E-state index < -0.39 is 28.6 Å². The molecule has 1 atom stereocenters. The van der Waals surface area contributed by atoms with Crippen LogP contribution in [-0.2, 0) is 19.4 Å². The van der Waals surface area contributed by atoms with Gasteiger partial charge in [0.25, 0.3) is 0 Å². The molecular weight excluding hydrogens is 409 g/mol. The monoisotopic (exact) mass is 433 g/mol. The molecule has 0 aliphatic heterocycles. The van der Waals surface area contributed by atoms with Crippen molar-refractivity contribution in [1.82, 2.24) is 5.32 Å². The van der Waals surface area contributed by atoms with Crippen LogP contribution in [0.3, 0.4) is 0 Å². The van der Waals surface area contributed by atoms with Gasteiger partial charge in [0.2, 0.25) is 0 Å². The van der Waals surface area contributed by atoms with Crippen LogP contribution in [0.1, 0.15) is 45.2 Å². The van der Waals surface area contributed by atoms with E-state index >= 15 is 0 Å². The molecule has 0 aliphatic rings. The van der Waals surface area contributed by atoms with Crippen LogP contribution in [0, 0.1) is 12.7 Å². The van der Waals surface area contributed by atoms with Crippen molar-refractivity contribution in [2.24, 2.45) is 0 Å². The second-order valence-corrected chi connectivity index (χ2v) is 9.65. The van der Waals surface area contributed by atoms with Gasteiger partial charge < -0.3 is 14.8 Å². The summed E-state index contributed by atoms with van der Waals surface area (Å²) in [5.74, 6) is -0.968. The molecule has 8 heteroatoms. The van der Waals surface area contributed by atoms with Crippen LogP contribution in [0.25, 0.3) is 0 Å². The number of hydrogen-bond acceptors (Lipinski definition) is 4. The summed E-state index contributed by atoms with van der Waals surface area (Å²) >= 11 is 3.34. The molecule has 5 nitrogen and oxygen atoms in total. The van der Waals surface area contributed by atoms with E-state index in [1.54, 1.807) is 46.8 Å². The van der Waals surface area contributed by atoms with E-state index in [2.05, 4.69) is 21.2 Å². The fourth-order valence-corrected chi connectivity index (χ4v) is 3.79. The van der Waals surface area contributed by atoms with Gasteiger partial charge in [-0.1, -0.05) is 15.9 Å². The van der Waals surface area contributed by atoms with Gasteiger partial charge in [0.05, 0.1) is 18.2 Å². The molecule has 0 fully saturated rings. The normalized spacial score (nSPS) is 13.9. The van der Waals surface area contributed by atoms with Crippen LogP contribution in [0.5, 0.6) is 0 Å². The molecule has 1 amide bonds. The summed E-state index contributed by atoms with van der Waals surface area (Å²) < 4.78 is 25.7. The molecule has 0 heterocycles. The van der Waals surface area contributed by atoms with Gasteiger partial charge in [-0.25, -0.2) is 9.18 Å². The first-order chi connectivity index (χ1) is 11.4. The zero-order chi connectivity index (χ0) is 19.4. The van der Waals surface area contributed by atoms with Gasteiger partial charge in [0.1, 0.15) is 11.4 Å². The van der Waals surface area contributed by atoms with Gasteiger partial charge in [-0.15, -0.1) is 0 Å². The lowest BCUT2D eigenvalue weighted by atomic mass is 9.99. The Morgan fingerprint density at radius 1 is 1.32 bits per heavy atom. The summed E-state index contributed by atoms with van der Waals surface area (Å²) in [5, 5.41) is 1.50. The Hall–Kier alpha value is -1.41. The molecule has 140 valence electrons. The summed E-state index contributed by atoms with van der Waals surface area (Å²) in [5.41, 5.74) is -0.0493. The molecule has 0 aliphatic carbocycles. The zero-order valence-electron chi connectivity index (χ0n) is 15.5. The van der Waals surface area contributed by atoms with Gasteiger partial charge >= 0.3 is 12.1 Å². The lowest BCUT2D eigenvalue weighted by Gasteiger charge is -2.32. The Morgan fingerprint density at radius 3 is 2.44 bits per heavy atom. The number of aryl methyl sites for hydroxylation is 1. The van der Waals surface area contributed by atoms with Gasteiger partial charge in [0, 0.05) is 20.3 Å². The Bertz CT molecular complexity index is 663. The number of nitrogens with one attached hydrogen (secondary N) is 1. The largest absolute Gasteiger partial charge is 0.466 e. The molecule has 25 heavy (non-hydrogen) atoms. The van der Waals surface area contributed by atoms with Crippen LogP contribution in [0.15, 0.2) is 16.6 Å². The van der Waals surface area contributed by atoms with Gasteiger partial charge in [-0.3, -0.25) is 4.79 Å². The van der Waals surface area contributed by atoms with Gasteiger partial charge in [0.15, 0.2) is 0 Å². The quantitative estimate of drug-likeness (QED) is 0.572. The highest BCUT2D eigenvalue weighted by atomic mass is 79.9. The smallest absolute Gasteiger partial charge is 0.408 e. The number of hydrogen-bond donors (Lipinski definition) is 1. The molecule has 0 bridgehead atoms. The molecule has 0 spiro atoms. The van der Waals surface area contributed by atoms with Crippen LogP contribution in [0.4, 0.5) is 9.18 Å². The lowest BCUT2D eigenvalue weighted by Crippen LogP contribution is -2.50. The number of halogens is 2. The third kappa shape index (κ3) is 6.43. The van der Waals surface area contributed by atoms with Crippen molar-refractivity contribution < 1.29 is 23.5 Å². The molecule has 0 aromatic heterocycles. The number of carbonyl (C=O) groups excluding carboxylic acids is 2. The molecule has 1 rings (SSSR count). The summed E-state index contributed by atoms with van der Waals surface area (Å²) in [6.45, 7) is 8.73. The third-order valence-corrected chi connectivity index (χ3v) is 4.99. The number of rotatable bonds is 5. The predicted octanol–water partition coefficient (Wildman–Crippen LogP) is 2.89. The highest BCUT2D eigenvalue weighted by Crippen LogP contribution is 2.30. The van der Waals surface area contributed by atoms with E-state index in [-0.39, 0.29) is 28.8 Å². The van der Waals surface area contributed by atoms with E-state index in [9.17, 15) is 14.0 Å². The number of carbonyl (C=O) groups is 2. The molecule has 1 N–H and O–H groups in total. The molecule has 0 unspecified atom stereocenters. The Kier molecular flexibility index (Phi) is 7.19. The van der Waals surface area contributed by atoms with Crippen molar-refractivity contribution >= 4 is 38.2 Å². The van der Waals surface area contributed by atoms with Crippen molar-refractivity contribution in [2.45, 2.75) is 51.8 Å². The topological polar surface area (TPSA) is 64.6 Å². The second kappa shape index (κ2) is 8.31. The average Bonchev–Trinajstić information content (AvgIpc) is 2.40. The van der Waals surface area contributed by atoms with Crippen molar-refractivity contribution in [3.63, 3.8) is 0 Å². The molecular formula is C17H25BrFNO4Si. The fourth-order valence-electron chi connectivity index (χ4n) is 2.36. The maximum atomic E-state index is 14.8. The Balaban J connectivity index is 3.28. The van der Waals surface area contributed by atoms with Gasteiger partial charge in [-0.2, -0.15) is 0 Å². The number of benzene rings is 1. The minimum absolute atomic E-state index is 0.168. The molecule has 0 saturated heterocycles. The summed E-state index contributed by atoms with van der Waals surface area (Å²) in [7, 11) is 0.271. The first-order valence-electron chi connectivity index (χ1n) is 8.01. The van der Waals surface area contributed by atoms with Crippen LogP contribution >= 0.6 is 15.9 Å². The van der Waals surface area contributed by atoms with E-state index in [0.29, 0.717) is 10.0 Å². The minimum Gasteiger partial charge on any atom is -0.466 e.